The van der Waals surface area contributed by atoms with Crippen LogP contribution in [0.3, 0.4) is 0 Å². The molecule has 0 bridgehead atoms. The zero-order valence-corrected chi connectivity index (χ0v) is 12.8. The second-order valence-electron chi connectivity index (χ2n) is 5.20. The third-order valence-corrected chi connectivity index (χ3v) is 5.32. The summed E-state index contributed by atoms with van der Waals surface area (Å²) < 4.78 is 35.6. The van der Waals surface area contributed by atoms with Crippen molar-refractivity contribution in [2.75, 3.05) is 25.1 Å². The van der Waals surface area contributed by atoms with Crippen molar-refractivity contribution in [2.24, 2.45) is 10.9 Å². The molecule has 1 aliphatic heterocycles. The van der Waals surface area contributed by atoms with E-state index in [0.717, 1.165) is 5.56 Å². The Bertz CT molecular complexity index is 599. The Morgan fingerprint density at radius 1 is 1.33 bits per heavy atom. The number of hydrogen-bond donors (Lipinski definition) is 2. The lowest BCUT2D eigenvalue weighted by Crippen LogP contribution is -2.39. The van der Waals surface area contributed by atoms with E-state index in [1.165, 1.54) is 12.1 Å². The van der Waals surface area contributed by atoms with E-state index in [9.17, 15) is 12.8 Å². The fourth-order valence-corrected chi connectivity index (χ4v) is 4.14. The number of benzene rings is 1. The van der Waals surface area contributed by atoms with Crippen molar-refractivity contribution in [3.63, 3.8) is 0 Å². The molecule has 21 heavy (non-hydrogen) atoms. The van der Waals surface area contributed by atoms with E-state index < -0.39 is 9.84 Å². The van der Waals surface area contributed by atoms with Crippen LogP contribution in [-0.2, 0) is 16.4 Å². The van der Waals surface area contributed by atoms with Crippen LogP contribution in [0.5, 0.6) is 0 Å². The molecule has 0 saturated carbocycles. The Morgan fingerprint density at radius 3 is 2.62 bits per heavy atom. The molecule has 1 unspecified atom stereocenters. The first-order valence-electron chi connectivity index (χ1n) is 6.88. The summed E-state index contributed by atoms with van der Waals surface area (Å²) in [6.07, 6.45) is 0.699. The highest BCUT2D eigenvalue weighted by Crippen LogP contribution is 2.17. The van der Waals surface area contributed by atoms with Crippen molar-refractivity contribution < 1.29 is 12.8 Å². The van der Waals surface area contributed by atoms with Crippen molar-refractivity contribution in [3.05, 3.63) is 35.6 Å². The van der Waals surface area contributed by atoms with Crippen molar-refractivity contribution in [1.82, 2.24) is 10.6 Å². The largest absolute Gasteiger partial charge is 0.356 e. The molecule has 0 aromatic heterocycles. The third-order valence-electron chi connectivity index (χ3n) is 3.48. The van der Waals surface area contributed by atoms with Gasteiger partial charge in [0.25, 0.3) is 0 Å². The Kier molecular flexibility index (Phi) is 5.17. The maximum absolute atomic E-state index is 12.8. The smallest absolute Gasteiger partial charge is 0.191 e. The molecule has 7 heteroatoms. The van der Waals surface area contributed by atoms with E-state index in [2.05, 4.69) is 15.6 Å². The van der Waals surface area contributed by atoms with Crippen molar-refractivity contribution in [1.29, 1.82) is 0 Å². The first-order valence-corrected chi connectivity index (χ1v) is 8.70. The molecule has 1 saturated heterocycles. The number of aliphatic imine (C=N–C) groups is 1. The monoisotopic (exact) mass is 313 g/mol. The van der Waals surface area contributed by atoms with Crippen LogP contribution in [-0.4, -0.2) is 39.5 Å². The highest BCUT2D eigenvalue weighted by atomic mass is 32.2. The molecule has 2 rings (SSSR count). The summed E-state index contributed by atoms with van der Waals surface area (Å²) >= 11 is 0. The van der Waals surface area contributed by atoms with Crippen LogP contribution in [0, 0.1) is 11.7 Å². The highest BCUT2D eigenvalue weighted by Gasteiger charge is 2.27. The Balaban J connectivity index is 1.77. The SMILES string of the molecule is CN=C(NCc1ccc(F)cc1)NCC1CCS(=O)(=O)C1. The molecule has 0 amide bonds. The summed E-state index contributed by atoms with van der Waals surface area (Å²) in [7, 11) is -1.19. The zero-order chi connectivity index (χ0) is 15.3. The van der Waals surface area contributed by atoms with E-state index in [1.54, 1.807) is 19.2 Å². The number of nitrogens with one attached hydrogen (secondary N) is 2. The maximum atomic E-state index is 12.8. The number of rotatable bonds is 4. The van der Waals surface area contributed by atoms with Gasteiger partial charge in [-0.2, -0.15) is 0 Å². The lowest BCUT2D eigenvalue weighted by atomic mass is 10.1. The molecular formula is C14H20FN3O2S. The van der Waals surface area contributed by atoms with Gasteiger partial charge in [0.05, 0.1) is 11.5 Å². The van der Waals surface area contributed by atoms with Gasteiger partial charge in [-0.05, 0) is 30.0 Å². The first-order chi connectivity index (χ1) is 9.98. The summed E-state index contributed by atoms with van der Waals surface area (Å²) in [4.78, 5) is 4.09. The molecule has 0 aliphatic carbocycles. The number of nitrogens with zero attached hydrogens (tertiary/aromatic N) is 1. The normalized spacial score (nSPS) is 21.2. The molecule has 1 atom stereocenters. The minimum absolute atomic E-state index is 0.138. The van der Waals surface area contributed by atoms with Crippen LogP contribution in [0.15, 0.2) is 29.3 Å². The number of guanidine groups is 1. The van der Waals surface area contributed by atoms with Crippen LogP contribution in [0.1, 0.15) is 12.0 Å². The van der Waals surface area contributed by atoms with Gasteiger partial charge in [-0.3, -0.25) is 4.99 Å². The molecule has 2 N–H and O–H groups in total. The van der Waals surface area contributed by atoms with E-state index in [0.29, 0.717) is 25.5 Å². The Hall–Kier alpha value is -1.63. The van der Waals surface area contributed by atoms with E-state index in [1.807, 2.05) is 0 Å². The summed E-state index contributed by atoms with van der Waals surface area (Å²) in [5.74, 6) is 1.02. The quantitative estimate of drug-likeness (QED) is 0.641. The Labute approximate surface area is 124 Å². The summed E-state index contributed by atoms with van der Waals surface area (Å²) in [6, 6.07) is 6.24. The zero-order valence-electron chi connectivity index (χ0n) is 12.0. The summed E-state index contributed by atoms with van der Waals surface area (Å²) in [5.41, 5.74) is 0.947. The Morgan fingerprint density at radius 2 is 2.05 bits per heavy atom. The third kappa shape index (κ3) is 5.00. The highest BCUT2D eigenvalue weighted by molar-refractivity contribution is 7.91. The summed E-state index contributed by atoms with van der Waals surface area (Å²) in [5, 5.41) is 6.25. The maximum Gasteiger partial charge on any atom is 0.191 e. The lowest BCUT2D eigenvalue weighted by Gasteiger charge is -2.14. The van der Waals surface area contributed by atoms with Gasteiger partial charge in [-0.25, -0.2) is 12.8 Å². The topological polar surface area (TPSA) is 70.6 Å². The van der Waals surface area contributed by atoms with Gasteiger partial charge in [0.2, 0.25) is 0 Å². The molecular weight excluding hydrogens is 293 g/mol. The summed E-state index contributed by atoms with van der Waals surface area (Å²) in [6.45, 7) is 1.12. The van der Waals surface area contributed by atoms with Crippen LogP contribution in [0.4, 0.5) is 4.39 Å². The molecule has 1 aromatic rings. The molecule has 116 valence electrons. The minimum Gasteiger partial charge on any atom is -0.356 e. The van der Waals surface area contributed by atoms with Crippen LogP contribution >= 0.6 is 0 Å². The van der Waals surface area contributed by atoms with Crippen LogP contribution < -0.4 is 10.6 Å². The molecule has 1 fully saturated rings. The second kappa shape index (κ2) is 6.89. The standard InChI is InChI=1S/C14H20FN3O2S/c1-16-14(17-8-11-2-4-13(15)5-3-11)18-9-12-6-7-21(19,20)10-12/h2-5,12H,6-10H2,1H3,(H2,16,17,18). The van der Waals surface area contributed by atoms with Crippen molar-refractivity contribution in [3.8, 4) is 0 Å². The molecule has 1 aromatic carbocycles. The molecule has 0 radical (unpaired) electrons. The predicted octanol–water partition coefficient (Wildman–Crippen LogP) is 0.925. The lowest BCUT2D eigenvalue weighted by molar-refractivity contribution is 0.567. The van der Waals surface area contributed by atoms with Gasteiger partial charge in [0.1, 0.15) is 5.82 Å². The van der Waals surface area contributed by atoms with Crippen molar-refractivity contribution in [2.45, 2.75) is 13.0 Å². The van der Waals surface area contributed by atoms with Gasteiger partial charge in [0, 0.05) is 20.1 Å². The molecule has 1 heterocycles. The predicted molar refractivity (Wildman–Crippen MR) is 81.4 cm³/mol. The average molecular weight is 313 g/mol. The van der Waals surface area contributed by atoms with Crippen LogP contribution in [0.2, 0.25) is 0 Å². The van der Waals surface area contributed by atoms with E-state index >= 15 is 0 Å². The van der Waals surface area contributed by atoms with Gasteiger partial charge in [0.15, 0.2) is 15.8 Å². The van der Waals surface area contributed by atoms with Gasteiger partial charge in [-0.15, -0.1) is 0 Å². The van der Waals surface area contributed by atoms with Gasteiger partial charge in [-0.1, -0.05) is 12.1 Å². The fraction of sp³-hybridized carbons (Fsp3) is 0.500. The van der Waals surface area contributed by atoms with Gasteiger partial charge >= 0.3 is 0 Å². The van der Waals surface area contributed by atoms with E-state index in [4.69, 9.17) is 0 Å². The number of halogens is 1. The second-order valence-corrected chi connectivity index (χ2v) is 7.43. The molecule has 5 nitrogen and oxygen atoms in total. The molecule has 0 spiro atoms. The van der Waals surface area contributed by atoms with Gasteiger partial charge < -0.3 is 10.6 Å². The first kappa shape index (κ1) is 15.8. The van der Waals surface area contributed by atoms with Crippen molar-refractivity contribution >= 4 is 15.8 Å². The average Bonchev–Trinajstić information content (AvgIpc) is 2.80. The fourth-order valence-electron chi connectivity index (χ4n) is 2.28. The molecule has 1 aliphatic rings. The van der Waals surface area contributed by atoms with Crippen LogP contribution in [0.25, 0.3) is 0 Å². The number of sulfone groups is 1. The minimum atomic E-state index is -2.85. The van der Waals surface area contributed by atoms with E-state index in [-0.39, 0.29) is 23.2 Å². The number of hydrogen-bond acceptors (Lipinski definition) is 3.